The molecule has 4 aromatic carbocycles. The van der Waals surface area contributed by atoms with Gasteiger partial charge < -0.3 is 14.2 Å². The standard InChI is InChI=1S/C35H32N2O5/c1-40-26-16-13-22(14-17-26)25-19-28-33(30(38)20-25)34(24-15-18-31(41-2)32(21-24)42-3)37(29-12-8-7-11-27(29)36-28)35(39)23-9-5-4-6-10-23/h4-18,21,25,33-34H,19-20H2,1-3H3. The second kappa shape index (κ2) is 11.5. The average molecular weight is 561 g/mol. The van der Waals surface area contributed by atoms with Crippen molar-refractivity contribution in [2.45, 2.75) is 24.8 Å². The van der Waals surface area contributed by atoms with Crippen LogP contribution in [-0.2, 0) is 4.79 Å². The molecule has 0 radical (unpaired) electrons. The summed E-state index contributed by atoms with van der Waals surface area (Å²) in [5.74, 6) is 1.02. The van der Waals surface area contributed by atoms with Gasteiger partial charge in [0.25, 0.3) is 5.91 Å². The predicted molar refractivity (Wildman–Crippen MR) is 163 cm³/mol. The molecular formula is C35H32N2O5. The monoisotopic (exact) mass is 560 g/mol. The van der Waals surface area contributed by atoms with Crippen LogP contribution in [0.25, 0.3) is 0 Å². The van der Waals surface area contributed by atoms with Gasteiger partial charge in [-0.15, -0.1) is 0 Å². The molecule has 1 aliphatic carbocycles. The number of rotatable bonds is 6. The van der Waals surface area contributed by atoms with Crippen molar-refractivity contribution in [2.75, 3.05) is 26.2 Å². The number of methoxy groups -OCH3 is 3. The van der Waals surface area contributed by atoms with E-state index in [4.69, 9.17) is 19.2 Å². The summed E-state index contributed by atoms with van der Waals surface area (Å²) in [4.78, 5) is 35.6. The molecular weight excluding hydrogens is 528 g/mol. The minimum atomic E-state index is -0.649. The summed E-state index contributed by atoms with van der Waals surface area (Å²) >= 11 is 0. The number of carbonyl (C=O) groups is 2. The molecule has 0 N–H and O–H groups in total. The van der Waals surface area contributed by atoms with Crippen LogP contribution in [0.3, 0.4) is 0 Å². The molecule has 0 saturated heterocycles. The number of hydrogen-bond donors (Lipinski definition) is 0. The van der Waals surface area contributed by atoms with Crippen LogP contribution in [0.1, 0.15) is 46.3 Å². The molecule has 1 saturated carbocycles. The molecule has 42 heavy (non-hydrogen) atoms. The van der Waals surface area contributed by atoms with Crippen LogP contribution in [0.5, 0.6) is 17.2 Å². The largest absolute Gasteiger partial charge is 0.497 e. The second-order valence-corrected chi connectivity index (χ2v) is 10.5. The van der Waals surface area contributed by atoms with Crippen LogP contribution in [0, 0.1) is 5.92 Å². The third kappa shape index (κ3) is 4.91. The normalized spacial score (nSPS) is 19.6. The lowest BCUT2D eigenvalue weighted by Crippen LogP contribution is -2.45. The maximum Gasteiger partial charge on any atom is 0.258 e. The number of anilines is 1. The van der Waals surface area contributed by atoms with Gasteiger partial charge in [-0.25, -0.2) is 0 Å². The number of aliphatic imine (C=N–C) groups is 1. The number of fused-ring (bicyclic) bond motifs is 2. The van der Waals surface area contributed by atoms with Crippen molar-refractivity contribution in [3.8, 4) is 17.2 Å². The van der Waals surface area contributed by atoms with Crippen molar-refractivity contribution in [2.24, 2.45) is 10.9 Å². The minimum absolute atomic E-state index is 0.0343. The first-order valence-corrected chi connectivity index (χ1v) is 14.0. The second-order valence-electron chi connectivity index (χ2n) is 10.5. The molecule has 1 amide bonds. The molecule has 0 bridgehead atoms. The number of amides is 1. The molecule has 2 aliphatic rings. The Hall–Kier alpha value is -4.91. The Bertz CT molecular complexity index is 1650. The molecule has 1 fully saturated rings. The van der Waals surface area contributed by atoms with Gasteiger partial charge >= 0.3 is 0 Å². The molecule has 4 aromatic rings. The third-order valence-electron chi connectivity index (χ3n) is 8.18. The van der Waals surface area contributed by atoms with E-state index in [9.17, 15) is 9.59 Å². The Morgan fingerprint density at radius 3 is 2.17 bits per heavy atom. The first kappa shape index (κ1) is 27.3. The molecule has 1 aliphatic heterocycles. The van der Waals surface area contributed by atoms with Crippen LogP contribution in [0.4, 0.5) is 11.4 Å². The van der Waals surface area contributed by atoms with E-state index in [0.717, 1.165) is 22.6 Å². The topological polar surface area (TPSA) is 77.4 Å². The number of benzene rings is 4. The van der Waals surface area contributed by atoms with E-state index in [-0.39, 0.29) is 17.6 Å². The van der Waals surface area contributed by atoms with Crippen LogP contribution in [-0.4, -0.2) is 38.7 Å². The van der Waals surface area contributed by atoms with Gasteiger partial charge in [0.15, 0.2) is 11.5 Å². The van der Waals surface area contributed by atoms with Gasteiger partial charge in [0, 0.05) is 17.7 Å². The highest BCUT2D eigenvalue weighted by Crippen LogP contribution is 2.48. The lowest BCUT2D eigenvalue weighted by atomic mass is 9.72. The Balaban J connectivity index is 1.53. The molecule has 0 spiro atoms. The molecule has 3 unspecified atom stereocenters. The van der Waals surface area contributed by atoms with Crippen LogP contribution in [0.2, 0.25) is 0 Å². The van der Waals surface area contributed by atoms with Crippen molar-refractivity contribution in [3.05, 3.63) is 114 Å². The van der Waals surface area contributed by atoms with Gasteiger partial charge in [0.1, 0.15) is 11.5 Å². The van der Waals surface area contributed by atoms with Crippen molar-refractivity contribution in [1.82, 2.24) is 0 Å². The fraction of sp³-hybridized carbons (Fsp3) is 0.229. The first-order valence-electron chi connectivity index (χ1n) is 14.0. The highest BCUT2D eigenvalue weighted by atomic mass is 16.5. The van der Waals surface area contributed by atoms with Gasteiger partial charge in [-0.1, -0.05) is 48.5 Å². The van der Waals surface area contributed by atoms with E-state index >= 15 is 0 Å². The fourth-order valence-corrected chi connectivity index (χ4v) is 6.14. The van der Waals surface area contributed by atoms with E-state index in [1.807, 2.05) is 84.9 Å². The molecule has 0 aromatic heterocycles. The van der Waals surface area contributed by atoms with E-state index in [1.54, 1.807) is 38.4 Å². The molecule has 212 valence electrons. The zero-order valence-electron chi connectivity index (χ0n) is 23.8. The minimum Gasteiger partial charge on any atom is -0.497 e. The maximum absolute atomic E-state index is 14.4. The van der Waals surface area contributed by atoms with Gasteiger partial charge in [0.05, 0.1) is 44.7 Å². The van der Waals surface area contributed by atoms with E-state index in [2.05, 4.69) is 0 Å². The number of Topliss-reactive ketones (excluding diaryl/α,β-unsaturated/α-hetero) is 1. The van der Waals surface area contributed by atoms with Crippen molar-refractivity contribution >= 4 is 28.8 Å². The number of ether oxygens (including phenoxy) is 3. The maximum atomic E-state index is 14.4. The summed E-state index contributed by atoms with van der Waals surface area (Å²) in [5, 5.41) is 0. The van der Waals surface area contributed by atoms with Crippen molar-refractivity contribution in [1.29, 1.82) is 0 Å². The third-order valence-corrected chi connectivity index (χ3v) is 8.18. The highest BCUT2D eigenvalue weighted by molar-refractivity contribution is 6.15. The zero-order chi connectivity index (χ0) is 29.2. The molecule has 7 heteroatoms. The lowest BCUT2D eigenvalue weighted by molar-refractivity contribution is -0.122. The molecule has 6 rings (SSSR count). The molecule has 1 heterocycles. The number of hydrogen-bond acceptors (Lipinski definition) is 6. The summed E-state index contributed by atoms with van der Waals surface area (Å²) in [6.07, 6.45) is 0.928. The van der Waals surface area contributed by atoms with Crippen LogP contribution in [0.15, 0.2) is 102 Å². The van der Waals surface area contributed by atoms with Crippen LogP contribution < -0.4 is 19.1 Å². The number of ketones is 1. The summed E-state index contributed by atoms with van der Waals surface area (Å²) in [6.45, 7) is 0. The van der Waals surface area contributed by atoms with Gasteiger partial charge in [-0.3, -0.25) is 19.5 Å². The Morgan fingerprint density at radius 2 is 1.45 bits per heavy atom. The fourth-order valence-electron chi connectivity index (χ4n) is 6.14. The van der Waals surface area contributed by atoms with Crippen molar-refractivity contribution < 1.29 is 23.8 Å². The zero-order valence-corrected chi connectivity index (χ0v) is 23.8. The van der Waals surface area contributed by atoms with Gasteiger partial charge in [-0.2, -0.15) is 0 Å². The lowest BCUT2D eigenvalue weighted by Gasteiger charge is -2.39. The van der Waals surface area contributed by atoms with E-state index in [1.165, 1.54) is 0 Å². The van der Waals surface area contributed by atoms with Crippen molar-refractivity contribution in [3.63, 3.8) is 0 Å². The number of nitrogens with zero attached hydrogens (tertiary/aromatic N) is 2. The Labute approximate surface area is 245 Å². The Kier molecular flexibility index (Phi) is 7.48. The first-order chi connectivity index (χ1) is 20.5. The summed E-state index contributed by atoms with van der Waals surface area (Å²) in [6, 6.07) is 29.6. The van der Waals surface area contributed by atoms with E-state index in [0.29, 0.717) is 41.3 Å². The summed E-state index contributed by atoms with van der Waals surface area (Å²) in [5.41, 5.74) is 4.43. The number of para-hydroxylation sites is 2. The summed E-state index contributed by atoms with van der Waals surface area (Å²) < 4.78 is 16.5. The van der Waals surface area contributed by atoms with Gasteiger partial charge in [-0.05, 0) is 72.0 Å². The predicted octanol–water partition coefficient (Wildman–Crippen LogP) is 6.95. The molecule has 3 atom stereocenters. The Morgan fingerprint density at radius 1 is 0.762 bits per heavy atom. The summed E-state index contributed by atoms with van der Waals surface area (Å²) in [7, 11) is 4.80. The quantitative estimate of drug-likeness (QED) is 0.255. The van der Waals surface area contributed by atoms with Crippen LogP contribution >= 0.6 is 0 Å². The van der Waals surface area contributed by atoms with E-state index < -0.39 is 12.0 Å². The van der Waals surface area contributed by atoms with Gasteiger partial charge in [0.2, 0.25) is 0 Å². The smallest absolute Gasteiger partial charge is 0.258 e. The molecule has 7 nitrogen and oxygen atoms in total. The average Bonchev–Trinajstić information content (AvgIpc) is 3.19. The number of carbonyl (C=O) groups excluding carboxylic acids is 2. The SMILES string of the molecule is COc1ccc(C2CC(=O)C3C(=Nc4ccccc4N(C(=O)c4ccccc4)C3c3ccc(OC)c(OC)c3)C2)cc1. The highest BCUT2D eigenvalue weighted by Gasteiger charge is 2.46.